The largest absolute Gasteiger partial charge is 0.497 e. The van der Waals surface area contributed by atoms with Crippen LogP contribution in [0.15, 0.2) is 77.8 Å². The van der Waals surface area contributed by atoms with Gasteiger partial charge in [0.05, 0.1) is 33.3 Å². The van der Waals surface area contributed by atoms with Crippen molar-refractivity contribution in [3.8, 4) is 5.69 Å². The topological polar surface area (TPSA) is 84.6 Å². The third kappa shape index (κ3) is 4.52. The molecule has 0 unspecified atom stereocenters. The fourth-order valence-corrected chi connectivity index (χ4v) is 7.45. The zero-order valence-corrected chi connectivity index (χ0v) is 25.4. The summed E-state index contributed by atoms with van der Waals surface area (Å²) in [5.41, 5.74) is 2.72. The molecule has 222 valence electrons. The number of hydrogen-bond acceptors (Lipinski definition) is 6. The van der Waals surface area contributed by atoms with Crippen LogP contribution in [0.5, 0.6) is 0 Å². The highest BCUT2D eigenvalue weighted by molar-refractivity contribution is 7.90. The van der Waals surface area contributed by atoms with Gasteiger partial charge in [0.15, 0.2) is 0 Å². The minimum Gasteiger partial charge on any atom is -0.399 e. The number of halogens is 1. The van der Waals surface area contributed by atoms with Crippen LogP contribution in [-0.2, 0) is 24.1 Å². The number of hydrogen-bond donors (Lipinski definition) is 0. The van der Waals surface area contributed by atoms with E-state index in [0.29, 0.717) is 24.1 Å². The maximum atomic E-state index is 14.1. The molecule has 0 spiro atoms. The van der Waals surface area contributed by atoms with E-state index in [1.54, 1.807) is 48.7 Å². The van der Waals surface area contributed by atoms with E-state index in [0.717, 1.165) is 44.7 Å². The smallest absolute Gasteiger partial charge is 0.399 e. The molecule has 0 amide bonds. The van der Waals surface area contributed by atoms with Crippen molar-refractivity contribution in [1.82, 2.24) is 13.8 Å². The van der Waals surface area contributed by atoms with Crippen LogP contribution in [0.25, 0.3) is 27.5 Å². The van der Waals surface area contributed by atoms with Crippen LogP contribution < -0.4 is 5.46 Å². The van der Waals surface area contributed by atoms with Crippen LogP contribution in [0.3, 0.4) is 0 Å². The summed E-state index contributed by atoms with van der Waals surface area (Å²) in [6, 6.07) is 18.5. The van der Waals surface area contributed by atoms with Gasteiger partial charge in [-0.2, -0.15) is 17.6 Å². The van der Waals surface area contributed by atoms with E-state index in [2.05, 4.69) is 9.67 Å². The number of benzene rings is 3. The van der Waals surface area contributed by atoms with E-state index in [1.165, 1.54) is 12.1 Å². The Labute approximate surface area is 250 Å². The normalized spacial score (nSPS) is 19.0. The molecule has 0 aliphatic carbocycles. The predicted octanol–water partition coefficient (Wildman–Crippen LogP) is 5.55. The average Bonchev–Trinajstić information content (AvgIpc) is 3.62. The fourth-order valence-electron chi connectivity index (χ4n) is 6.16. The van der Waals surface area contributed by atoms with Gasteiger partial charge in [0, 0.05) is 46.7 Å². The molecule has 11 heteroatoms. The van der Waals surface area contributed by atoms with E-state index >= 15 is 0 Å². The molecule has 5 aromatic rings. The number of ether oxygens (including phenoxy) is 1. The highest BCUT2D eigenvalue weighted by Gasteiger charge is 2.53. The first-order valence-electron chi connectivity index (χ1n) is 14.5. The van der Waals surface area contributed by atoms with Crippen molar-refractivity contribution in [2.75, 3.05) is 13.2 Å². The number of nitrogens with zero attached hydrogens (tertiary/aromatic N) is 3. The molecule has 0 radical (unpaired) electrons. The maximum Gasteiger partial charge on any atom is 0.497 e. The Morgan fingerprint density at radius 2 is 1.56 bits per heavy atom. The summed E-state index contributed by atoms with van der Waals surface area (Å²) in [5.74, 6) is -0.221. The lowest BCUT2D eigenvalue weighted by atomic mass is 9.73. The van der Waals surface area contributed by atoms with Crippen molar-refractivity contribution in [3.63, 3.8) is 0 Å². The zero-order valence-electron chi connectivity index (χ0n) is 24.6. The molecule has 7 rings (SSSR count). The van der Waals surface area contributed by atoms with Crippen LogP contribution >= 0.6 is 0 Å². The van der Waals surface area contributed by atoms with E-state index in [9.17, 15) is 12.8 Å². The summed E-state index contributed by atoms with van der Waals surface area (Å²) >= 11 is 0. The van der Waals surface area contributed by atoms with Gasteiger partial charge in [-0.1, -0.05) is 18.2 Å². The first-order chi connectivity index (χ1) is 20.5. The minimum absolute atomic E-state index is 0.105. The van der Waals surface area contributed by atoms with Crippen LogP contribution in [0.2, 0.25) is 0 Å². The highest BCUT2D eigenvalue weighted by atomic mass is 32.2. The molecule has 0 bridgehead atoms. The first kappa shape index (κ1) is 28.3. The summed E-state index contributed by atoms with van der Waals surface area (Å²) in [7, 11) is -4.68. The van der Waals surface area contributed by atoms with E-state index in [-0.39, 0.29) is 16.6 Å². The molecule has 8 nitrogen and oxygen atoms in total. The van der Waals surface area contributed by atoms with E-state index < -0.39 is 28.3 Å². The van der Waals surface area contributed by atoms with Gasteiger partial charge in [-0.25, -0.2) is 4.39 Å². The standard InChI is InChI=1S/C32H33BFN3O5S/c1-31(2)32(3,4)42-33(41-31)29-26-19-27-22(20-35-37(27)43(38,39)25-8-6-5-7-9-25)18-28(26)36(24-12-10-23(34)11-13-24)30(29)21-14-16-40-17-15-21/h5-13,18-21H,14-17H2,1-4H3. The lowest BCUT2D eigenvalue weighted by Crippen LogP contribution is -2.41. The van der Waals surface area contributed by atoms with Crippen LogP contribution in [-0.4, -0.2) is 53.7 Å². The van der Waals surface area contributed by atoms with Gasteiger partial charge in [0.2, 0.25) is 0 Å². The first-order valence-corrected chi connectivity index (χ1v) is 16.0. The van der Waals surface area contributed by atoms with Gasteiger partial charge in [-0.3, -0.25) is 0 Å². The Morgan fingerprint density at radius 3 is 2.21 bits per heavy atom. The third-order valence-corrected chi connectivity index (χ3v) is 10.8. The van der Waals surface area contributed by atoms with Crippen molar-refractivity contribution in [2.24, 2.45) is 0 Å². The molecule has 2 saturated heterocycles. The quantitative estimate of drug-likeness (QED) is 0.246. The van der Waals surface area contributed by atoms with Crippen molar-refractivity contribution in [2.45, 2.75) is 62.6 Å². The molecule has 4 heterocycles. The molecular weight excluding hydrogens is 568 g/mol. The van der Waals surface area contributed by atoms with Gasteiger partial charge < -0.3 is 18.6 Å². The van der Waals surface area contributed by atoms with Crippen molar-refractivity contribution in [1.29, 1.82) is 0 Å². The van der Waals surface area contributed by atoms with Gasteiger partial charge in [0.1, 0.15) is 5.82 Å². The van der Waals surface area contributed by atoms with Crippen LogP contribution in [0.1, 0.15) is 52.1 Å². The number of rotatable bonds is 5. The van der Waals surface area contributed by atoms with Crippen molar-refractivity contribution < 1.29 is 26.9 Å². The van der Waals surface area contributed by atoms with Gasteiger partial charge in [0.25, 0.3) is 10.0 Å². The SMILES string of the molecule is CC1(C)OB(c2c(C3CCOCC3)n(-c3ccc(F)cc3)c3cc4cnn(S(=O)(=O)c5ccccc5)c4cc23)OC1(C)C. The second-order valence-electron chi connectivity index (χ2n) is 12.3. The Kier molecular flexibility index (Phi) is 6.59. The van der Waals surface area contributed by atoms with Gasteiger partial charge in [-0.15, -0.1) is 0 Å². The van der Waals surface area contributed by atoms with Crippen molar-refractivity contribution in [3.05, 3.63) is 84.4 Å². The molecule has 2 aliphatic heterocycles. The van der Waals surface area contributed by atoms with Crippen molar-refractivity contribution >= 4 is 44.4 Å². The molecular formula is C32H33BFN3O5S. The van der Waals surface area contributed by atoms with E-state index in [1.807, 2.05) is 39.8 Å². The summed E-state index contributed by atoms with van der Waals surface area (Å²) in [6.45, 7) is 9.29. The van der Waals surface area contributed by atoms with Gasteiger partial charge >= 0.3 is 7.12 Å². The van der Waals surface area contributed by atoms with Crippen LogP contribution in [0.4, 0.5) is 4.39 Å². The molecule has 0 saturated carbocycles. The monoisotopic (exact) mass is 601 g/mol. The number of fused-ring (bicyclic) bond motifs is 2. The number of aromatic nitrogens is 3. The molecule has 2 fully saturated rings. The summed E-state index contributed by atoms with van der Waals surface area (Å²) in [5, 5.41) is 5.79. The molecule has 3 aromatic carbocycles. The zero-order chi connectivity index (χ0) is 30.1. The Hall–Kier alpha value is -3.51. The highest BCUT2D eigenvalue weighted by Crippen LogP contribution is 2.41. The maximum absolute atomic E-state index is 14.1. The van der Waals surface area contributed by atoms with E-state index in [4.69, 9.17) is 14.0 Å². The summed E-state index contributed by atoms with van der Waals surface area (Å²) in [6.07, 6.45) is 3.15. The Bertz CT molecular complexity index is 1930. The minimum atomic E-state index is -3.96. The Balaban J connectivity index is 1.55. The van der Waals surface area contributed by atoms with Crippen LogP contribution in [0, 0.1) is 5.82 Å². The predicted molar refractivity (Wildman–Crippen MR) is 164 cm³/mol. The summed E-state index contributed by atoms with van der Waals surface area (Å²) < 4.78 is 63.8. The molecule has 2 aliphatic rings. The second-order valence-corrected chi connectivity index (χ2v) is 14.1. The molecule has 0 atom stereocenters. The summed E-state index contributed by atoms with van der Waals surface area (Å²) in [4.78, 5) is 0.151. The van der Waals surface area contributed by atoms with Gasteiger partial charge in [-0.05, 0) is 89.1 Å². The molecule has 43 heavy (non-hydrogen) atoms. The second kappa shape index (κ2) is 10.0. The lowest BCUT2D eigenvalue weighted by Gasteiger charge is -2.32. The lowest BCUT2D eigenvalue weighted by molar-refractivity contribution is 0.00578. The molecule has 2 aromatic heterocycles. The third-order valence-electron chi connectivity index (χ3n) is 9.15. The average molecular weight is 602 g/mol. The Morgan fingerprint density at radius 1 is 0.907 bits per heavy atom. The fraction of sp³-hybridized carbons (Fsp3) is 0.344. The molecule has 0 N–H and O–H groups in total.